The van der Waals surface area contributed by atoms with Crippen LogP contribution >= 0.6 is 34.7 Å². The number of aromatic nitrogens is 2. The molecule has 168 valence electrons. The summed E-state index contributed by atoms with van der Waals surface area (Å²) in [5, 5.41) is 2.21. The van der Waals surface area contributed by atoms with E-state index < -0.39 is 5.97 Å². The first-order valence-corrected chi connectivity index (χ1v) is 12.8. The number of esters is 1. The first kappa shape index (κ1) is 22.5. The van der Waals surface area contributed by atoms with Gasteiger partial charge in [0.1, 0.15) is 4.88 Å². The number of imidazole rings is 1. The molecule has 0 atom stereocenters. The number of nitrogens with zero attached hydrogens (tertiary/aromatic N) is 2. The number of thiophene rings is 1. The molecule has 0 aliphatic rings. The molecule has 2 heterocycles. The molecule has 0 aliphatic heterocycles. The number of hydrogen-bond acceptors (Lipinski definition) is 5. The van der Waals surface area contributed by atoms with E-state index in [-0.39, 0.29) is 6.61 Å². The first-order valence-electron chi connectivity index (χ1n) is 10.6. The Kier molecular flexibility index (Phi) is 6.87. The molecule has 0 amide bonds. The van der Waals surface area contributed by atoms with Gasteiger partial charge in [-0.1, -0.05) is 95.9 Å². The minimum Gasteiger partial charge on any atom is -0.448 e. The highest BCUT2D eigenvalue weighted by molar-refractivity contribution is 7.99. The van der Waals surface area contributed by atoms with E-state index in [1.54, 1.807) is 11.8 Å². The van der Waals surface area contributed by atoms with Crippen LogP contribution in [0.25, 0.3) is 21.1 Å². The van der Waals surface area contributed by atoms with Crippen molar-refractivity contribution in [3.63, 3.8) is 0 Å². The van der Waals surface area contributed by atoms with Gasteiger partial charge in [-0.05, 0) is 23.8 Å². The zero-order valence-electron chi connectivity index (χ0n) is 18.0. The quantitative estimate of drug-likeness (QED) is 0.144. The Balaban J connectivity index is 1.22. The number of fused-ring (bicyclic) bond motifs is 2. The maximum absolute atomic E-state index is 12.4. The molecule has 4 nitrogen and oxygen atoms in total. The Hall–Kier alpha value is -3.24. The number of thioether (sulfide) groups is 1. The number of carbonyl (C=O) groups excluding carboxylic acids is 1. The molecule has 3 aromatic carbocycles. The lowest BCUT2D eigenvalue weighted by molar-refractivity contribution is 0.0562. The highest BCUT2D eigenvalue weighted by Gasteiger charge is 2.17. The third kappa shape index (κ3) is 4.83. The molecule has 0 radical (unpaired) electrons. The first-order chi connectivity index (χ1) is 16.7. The second-order valence-corrected chi connectivity index (χ2v) is 9.79. The molecule has 7 heteroatoms. The summed E-state index contributed by atoms with van der Waals surface area (Å²) in [7, 11) is 0. The third-order valence-electron chi connectivity index (χ3n) is 5.20. The topological polar surface area (TPSA) is 44.1 Å². The van der Waals surface area contributed by atoms with Gasteiger partial charge in [0, 0.05) is 10.1 Å². The van der Waals surface area contributed by atoms with Crippen LogP contribution in [-0.2, 0) is 11.3 Å². The van der Waals surface area contributed by atoms with E-state index in [9.17, 15) is 4.79 Å². The number of carbonyl (C=O) groups is 1. The van der Waals surface area contributed by atoms with Crippen LogP contribution in [0.15, 0.2) is 84.0 Å². The highest BCUT2D eigenvalue weighted by Crippen LogP contribution is 2.35. The molecule has 0 fully saturated rings. The van der Waals surface area contributed by atoms with E-state index >= 15 is 0 Å². The van der Waals surface area contributed by atoms with Gasteiger partial charge in [0.05, 0.1) is 28.4 Å². The summed E-state index contributed by atoms with van der Waals surface area (Å²) in [4.78, 5) is 17.6. The summed E-state index contributed by atoms with van der Waals surface area (Å²) in [6, 6.07) is 26.1. The minimum atomic E-state index is -0.446. The zero-order chi connectivity index (χ0) is 23.3. The smallest absolute Gasteiger partial charge is 0.350 e. The number of benzene rings is 3. The average Bonchev–Trinajstić information content (AvgIpc) is 3.39. The van der Waals surface area contributed by atoms with Crippen molar-refractivity contribution in [1.29, 1.82) is 0 Å². The molecular weight excluding hydrogens is 484 g/mol. The van der Waals surface area contributed by atoms with Crippen LogP contribution in [0.4, 0.5) is 0 Å². The molecule has 0 aliphatic carbocycles. The van der Waals surface area contributed by atoms with Gasteiger partial charge in [-0.3, -0.25) is 0 Å². The van der Waals surface area contributed by atoms with Gasteiger partial charge in [0.2, 0.25) is 0 Å². The predicted molar refractivity (Wildman–Crippen MR) is 141 cm³/mol. The normalized spacial score (nSPS) is 10.9. The van der Waals surface area contributed by atoms with Gasteiger partial charge in [-0.2, -0.15) is 0 Å². The molecule has 0 saturated heterocycles. The lowest BCUT2D eigenvalue weighted by atomic mass is 10.2. The largest absolute Gasteiger partial charge is 0.448 e. The van der Waals surface area contributed by atoms with E-state index in [0.29, 0.717) is 15.7 Å². The van der Waals surface area contributed by atoms with Gasteiger partial charge in [0.15, 0.2) is 11.8 Å². The average molecular weight is 503 g/mol. The van der Waals surface area contributed by atoms with Crippen molar-refractivity contribution in [3.8, 4) is 11.8 Å². The fraction of sp³-hybridized carbons (Fsp3) is 0.111. The lowest BCUT2D eigenvalue weighted by Crippen LogP contribution is -2.03. The minimum absolute atomic E-state index is 0.0183. The van der Waals surface area contributed by atoms with Crippen molar-refractivity contribution in [3.05, 3.63) is 94.3 Å². The number of halogens is 1. The second kappa shape index (κ2) is 10.4. The summed E-state index contributed by atoms with van der Waals surface area (Å²) in [6.07, 6.45) is 0. The number of ether oxygens (including phenoxy) is 1. The van der Waals surface area contributed by atoms with Crippen molar-refractivity contribution in [2.45, 2.75) is 11.7 Å². The summed E-state index contributed by atoms with van der Waals surface area (Å²) in [5.74, 6) is 6.09. The maximum Gasteiger partial charge on any atom is 0.350 e. The summed E-state index contributed by atoms with van der Waals surface area (Å²) in [5.41, 5.74) is 3.27. The van der Waals surface area contributed by atoms with Crippen LogP contribution in [0, 0.1) is 11.8 Å². The van der Waals surface area contributed by atoms with Crippen molar-refractivity contribution in [2.75, 3.05) is 12.4 Å². The van der Waals surface area contributed by atoms with E-state index in [0.717, 1.165) is 32.8 Å². The summed E-state index contributed by atoms with van der Waals surface area (Å²) in [6.45, 7) is 0.759. The van der Waals surface area contributed by atoms with Gasteiger partial charge >= 0.3 is 5.97 Å². The van der Waals surface area contributed by atoms with E-state index in [2.05, 4.69) is 34.6 Å². The van der Waals surface area contributed by atoms with Crippen LogP contribution in [0.2, 0.25) is 5.02 Å². The fourth-order valence-corrected chi connectivity index (χ4v) is 5.78. The monoisotopic (exact) mass is 502 g/mol. The van der Waals surface area contributed by atoms with Gasteiger partial charge in [-0.25, -0.2) is 9.78 Å². The highest BCUT2D eigenvalue weighted by atomic mass is 35.5. The Morgan fingerprint density at radius 3 is 2.62 bits per heavy atom. The Morgan fingerprint density at radius 2 is 1.76 bits per heavy atom. The van der Waals surface area contributed by atoms with Crippen molar-refractivity contribution < 1.29 is 9.53 Å². The van der Waals surface area contributed by atoms with Crippen LogP contribution in [0.3, 0.4) is 0 Å². The molecule has 0 saturated carbocycles. The van der Waals surface area contributed by atoms with E-state index in [4.69, 9.17) is 21.3 Å². The Morgan fingerprint density at radius 1 is 1.00 bits per heavy atom. The SMILES string of the molecule is O=C(OCC#CCSc1nc2ccccc2n1Cc1ccccc1)c1sc2ccccc2c1Cl. The molecule has 0 bridgehead atoms. The lowest BCUT2D eigenvalue weighted by Gasteiger charge is -2.08. The molecule has 5 aromatic rings. The zero-order valence-corrected chi connectivity index (χ0v) is 20.4. The molecule has 34 heavy (non-hydrogen) atoms. The second-order valence-electron chi connectivity index (χ2n) is 7.41. The third-order valence-corrected chi connectivity index (χ3v) is 7.71. The summed E-state index contributed by atoms with van der Waals surface area (Å²) < 4.78 is 8.49. The molecule has 5 rings (SSSR count). The van der Waals surface area contributed by atoms with Crippen LogP contribution in [0.5, 0.6) is 0 Å². The standard InChI is InChI=1S/C27H19ClN2O2S2/c28-24-20-12-4-7-15-23(20)34-25(24)26(31)32-16-8-9-17-33-27-29-21-13-5-6-14-22(21)30(27)18-19-10-2-1-3-11-19/h1-7,10-15H,16-18H2. The Labute approximate surface area is 210 Å². The molecule has 0 N–H and O–H groups in total. The fourth-order valence-electron chi connectivity index (χ4n) is 3.60. The van der Waals surface area contributed by atoms with Crippen LogP contribution in [0.1, 0.15) is 15.2 Å². The number of hydrogen-bond donors (Lipinski definition) is 0. The number of rotatable bonds is 6. The molecule has 0 spiro atoms. The van der Waals surface area contributed by atoms with Crippen molar-refractivity contribution >= 4 is 61.8 Å². The van der Waals surface area contributed by atoms with E-state index in [1.165, 1.54) is 16.9 Å². The Bertz CT molecular complexity index is 1530. The van der Waals surface area contributed by atoms with Crippen molar-refractivity contribution in [1.82, 2.24) is 9.55 Å². The van der Waals surface area contributed by atoms with Gasteiger partial charge in [-0.15, -0.1) is 11.3 Å². The molecular formula is C27H19ClN2O2S2. The van der Waals surface area contributed by atoms with Gasteiger partial charge < -0.3 is 9.30 Å². The van der Waals surface area contributed by atoms with Crippen LogP contribution < -0.4 is 0 Å². The molecule has 2 aromatic heterocycles. The van der Waals surface area contributed by atoms with Crippen LogP contribution in [-0.4, -0.2) is 27.9 Å². The van der Waals surface area contributed by atoms with Gasteiger partial charge in [0.25, 0.3) is 0 Å². The maximum atomic E-state index is 12.4. The van der Waals surface area contributed by atoms with Crippen molar-refractivity contribution in [2.24, 2.45) is 0 Å². The predicted octanol–water partition coefficient (Wildman–Crippen LogP) is 6.91. The summed E-state index contributed by atoms with van der Waals surface area (Å²) >= 11 is 9.25. The van der Waals surface area contributed by atoms with E-state index in [1.807, 2.05) is 60.7 Å². The number of para-hydroxylation sites is 2. The molecule has 0 unspecified atom stereocenters.